The van der Waals surface area contributed by atoms with Crippen LogP contribution >= 0.6 is 0 Å². The van der Waals surface area contributed by atoms with Crippen LogP contribution in [0.15, 0.2) is 12.1 Å². The maximum atomic E-state index is 13.5. The van der Waals surface area contributed by atoms with Crippen LogP contribution < -0.4 is 10.6 Å². The number of rotatable bonds is 4. The Labute approximate surface area is 102 Å². The van der Waals surface area contributed by atoms with Crippen molar-refractivity contribution in [3.63, 3.8) is 0 Å². The van der Waals surface area contributed by atoms with E-state index in [-0.39, 0.29) is 11.9 Å². The van der Waals surface area contributed by atoms with Crippen LogP contribution in [0.3, 0.4) is 0 Å². The third-order valence-electron chi connectivity index (χ3n) is 2.77. The van der Waals surface area contributed by atoms with Gasteiger partial charge in [0.1, 0.15) is 5.82 Å². The Bertz CT molecular complexity index is 435. The van der Waals surface area contributed by atoms with E-state index in [2.05, 4.69) is 6.07 Å². The predicted molar refractivity (Wildman–Crippen MR) is 67.2 cm³/mol. The van der Waals surface area contributed by atoms with Crippen molar-refractivity contribution in [2.75, 3.05) is 18.5 Å². The standard InChI is InChI=1S/C13H18FN3/c1-9-7-13(17(3)6-4-5-15)11(10(2)16)8-12(9)14/h7-8,10H,4,6,16H2,1-3H3/t10-/m1/s1. The Balaban J connectivity index is 3.12. The van der Waals surface area contributed by atoms with Crippen LogP contribution in [0.4, 0.5) is 10.1 Å². The molecule has 92 valence electrons. The minimum Gasteiger partial charge on any atom is -0.373 e. The lowest BCUT2D eigenvalue weighted by molar-refractivity contribution is 0.612. The average molecular weight is 235 g/mol. The number of hydrogen-bond donors (Lipinski definition) is 1. The van der Waals surface area contributed by atoms with E-state index in [1.54, 1.807) is 13.0 Å². The first-order valence-corrected chi connectivity index (χ1v) is 5.61. The zero-order valence-electron chi connectivity index (χ0n) is 10.5. The van der Waals surface area contributed by atoms with Crippen molar-refractivity contribution in [3.8, 4) is 6.07 Å². The molecule has 0 radical (unpaired) electrons. The molecule has 1 atom stereocenters. The van der Waals surface area contributed by atoms with Crippen LogP contribution in [0.25, 0.3) is 0 Å². The quantitative estimate of drug-likeness (QED) is 0.872. The summed E-state index contributed by atoms with van der Waals surface area (Å²) in [6.07, 6.45) is 0.436. The van der Waals surface area contributed by atoms with E-state index in [4.69, 9.17) is 11.0 Å². The number of anilines is 1. The van der Waals surface area contributed by atoms with Crippen molar-refractivity contribution in [2.45, 2.75) is 26.3 Å². The summed E-state index contributed by atoms with van der Waals surface area (Å²) in [5.41, 5.74) is 8.10. The van der Waals surface area contributed by atoms with Gasteiger partial charge in [0.15, 0.2) is 0 Å². The highest BCUT2D eigenvalue weighted by Gasteiger charge is 2.13. The van der Waals surface area contributed by atoms with Crippen molar-refractivity contribution in [3.05, 3.63) is 29.1 Å². The van der Waals surface area contributed by atoms with Crippen molar-refractivity contribution in [1.29, 1.82) is 5.26 Å². The van der Waals surface area contributed by atoms with E-state index in [9.17, 15) is 4.39 Å². The molecule has 0 bridgehead atoms. The second-order valence-corrected chi connectivity index (χ2v) is 4.28. The van der Waals surface area contributed by atoms with E-state index >= 15 is 0 Å². The van der Waals surface area contributed by atoms with Gasteiger partial charge < -0.3 is 10.6 Å². The van der Waals surface area contributed by atoms with E-state index in [0.717, 1.165) is 11.3 Å². The Hall–Kier alpha value is -1.60. The molecular formula is C13H18FN3. The lowest BCUT2D eigenvalue weighted by Gasteiger charge is -2.24. The van der Waals surface area contributed by atoms with Crippen LogP contribution in [0, 0.1) is 24.1 Å². The topological polar surface area (TPSA) is 53.0 Å². The molecule has 1 aromatic rings. The molecule has 0 unspecified atom stereocenters. The first-order valence-electron chi connectivity index (χ1n) is 5.61. The van der Waals surface area contributed by atoms with Gasteiger partial charge >= 0.3 is 0 Å². The van der Waals surface area contributed by atoms with Gasteiger partial charge in [0.2, 0.25) is 0 Å². The smallest absolute Gasteiger partial charge is 0.126 e. The van der Waals surface area contributed by atoms with E-state index < -0.39 is 0 Å². The molecule has 0 aliphatic carbocycles. The maximum absolute atomic E-state index is 13.5. The number of nitrogens with zero attached hydrogens (tertiary/aromatic N) is 2. The molecule has 0 heterocycles. The molecule has 2 N–H and O–H groups in total. The van der Waals surface area contributed by atoms with Gasteiger partial charge in [0, 0.05) is 25.3 Å². The van der Waals surface area contributed by atoms with Gasteiger partial charge in [-0.25, -0.2) is 4.39 Å². The van der Waals surface area contributed by atoms with Crippen molar-refractivity contribution in [1.82, 2.24) is 0 Å². The number of nitriles is 1. The van der Waals surface area contributed by atoms with Crippen LogP contribution in [-0.2, 0) is 0 Å². The van der Waals surface area contributed by atoms with E-state index in [1.807, 2.05) is 18.9 Å². The molecule has 0 aliphatic rings. The summed E-state index contributed by atoms with van der Waals surface area (Å²) in [6.45, 7) is 4.16. The van der Waals surface area contributed by atoms with Gasteiger partial charge in [-0.2, -0.15) is 5.26 Å². The normalized spacial score (nSPS) is 12.0. The van der Waals surface area contributed by atoms with Gasteiger partial charge in [0.25, 0.3) is 0 Å². The van der Waals surface area contributed by atoms with Crippen LogP contribution in [0.1, 0.15) is 30.5 Å². The summed E-state index contributed by atoms with van der Waals surface area (Å²) in [7, 11) is 1.88. The SMILES string of the molecule is Cc1cc(N(C)CCC#N)c([C@@H](C)N)cc1F. The van der Waals surface area contributed by atoms with Crippen molar-refractivity contribution >= 4 is 5.69 Å². The largest absolute Gasteiger partial charge is 0.373 e. The summed E-state index contributed by atoms with van der Waals surface area (Å²) in [4.78, 5) is 1.94. The molecular weight excluding hydrogens is 217 g/mol. The maximum Gasteiger partial charge on any atom is 0.126 e. The molecule has 0 aliphatic heterocycles. The van der Waals surface area contributed by atoms with Gasteiger partial charge in [-0.05, 0) is 37.1 Å². The zero-order valence-corrected chi connectivity index (χ0v) is 10.5. The Morgan fingerprint density at radius 1 is 1.53 bits per heavy atom. The highest BCUT2D eigenvalue weighted by Crippen LogP contribution is 2.27. The fourth-order valence-electron chi connectivity index (χ4n) is 1.72. The molecule has 0 saturated carbocycles. The van der Waals surface area contributed by atoms with Crippen LogP contribution in [-0.4, -0.2) is 13.6 Å². The summed E-state index contributed by atoms with van der Waals surface area (Å²) >= 11 is 0. The molecule has 0 spiro atoms. The van der Waals surface area contributed by atoms with Gasteiger partial charge in [-0.15, -0.1) is 0 Å². The first kappa shape index (κ1) is 13.5. The molecule has 0 fully saturated rings. The lowest BCUT2D eigenvalue weighted by atomic mass is 10.0. The number of aryl methyl sites for hydroxylation is 1. The summed E-state index contributed by atoms with van der Waals surface area (Å²) in [6, 6.07) is 5.13. The Morgan fingerprint density at radius 3 is 2.71 bits per heavy atom. The zero-order chi connectivity index (χ0) is 13.0. The summed E-state index contributed by atoms with van der Waals surface area (Å²) in [5.74, 6) is -0.241. The van der Waals surface area contributed by atoms with Gasteiger partial charge in [-0.1, -0.05) is 0 Å². The second-order valence-electron chi connectivity index (χ2n) is 4.28. The Morgan fingerprint density at radius 2 is 2.18 bits per heavy atom. The van der Waals surface area contributed by atoms with E-state index in [0.29, 0.717) is 18.5 Å². The molecule has 4 heteroatoms. The first-order chi connectivity index (χ1) is 7.97. The highest BCUT2D eigenvalue weighted by atomic mass is 19.1. The monoisotopic (exact) mass is 235 g/mol. The van der Waals surface area contributed by atoms with Crippen LogP contribution in [0.5, 0.6) is 0 Å². The number of nitrogens with two attached hydrogens (primary N) is 1. The summed E-state index contributed by atoms with van der Waals surface area (Å²) in [5, 5.41) is 8.58. The summed E-state index contributed by atoms with van der Waals surface area (Å²) < 4.78 is 13.5. The molecule has 1 rings (SSSR count). The Kier molecular flexibility index (Phi) is 4.47. The molecule has 0 saturated heterocycles. The fourth-order valence-corrected chi connectivity index (χ4v) is 1.72. The minimum atomic E-state index is -0.241. The highest BCUT2D eigenvalue weighted by molar-refractivity contribution is 5.56. The van der Waals surface area contributed by atoms with E-state index in [1.165, 1.54) is 6.07 Å². The molecule has 0 amide bonds. The molecule has 1 aromatic carbocycles. The number of hydrogen-bond acceptors (Lipinski definition) is 3. The third kappa shape index (κ3) is 3.18. The lowest BCUT2D eigenvalue weighted by Crippen LogP contribution is -2.22. The predicted octanol–water partition coefficient (Wildman–Crippen LogP) is 2.50. The van der Waals surface area contributed by atoms with Crippen LogP contribution in [0.2, 0.25) is 0 Å². The third-order valence-corrected chi connectivity index (χ3v) is 2.77. The molecule has 3 nitrogen and oxygen atoms in total. The fraction of sp³-hybridized carbons (Fsp3) is 0.462. The molecule has 17 heavy (non-hydrogen) atoms. The number of benzene rings is 1. The van der Waals surface area contributed by atoms with Crippen molar-refractivity contribution < 1.29 is 4.39 Å². The van der Waals surface area contributed by atoms with Gasteiger partial charge in [-0.3, -0.25) is 0 Å². The second kappa shape index (κ2) is 5.65. The molecule has 0 aromatic heterocycles. The average Bonchev–Trinajstić information content (AvgIpc) is 2.28. The number of halogens is 1. The van der Waals surface area contributed by atoms with Gasteiger partial charge in [0.05, 0.1) is 12.5 Å². The van der Waals surface area contributed by atoms with Crippen molar-refractivity contribution in [2.24, 2.45) is 5.73 Å². The minimum absolute atomic E-state index is 0.232.